The molecule has 6 heteroatoms. The molecule has 4 aromatic rings. The topological polar surface area (TPSA) is 68.0 Å². The van der Waals surface area contributed by atoms with E-state index in [1.54, 1.807) is 7.05 Å². The standard InChI is InChI=1S/C21H22FN5/c1-23-21(26-13-17-10-14-4-2-3-5-19(14)27-17)24-9-8-15-12-25-20-11-16(22)6-7-18(15)20/h2-7,10-12,25,27H,8-9,13H2,1H3,(H2,23,24,26). The first-order valence-corrected chi connectivity index (χ1v) is 8.99. The highest BCUT2D eigenvalue weighted by molar-refractivity contribution is 5.84. The zero-order valence-corrected chi connectivity index (χ0v) is 15.1. The van der Waals surface area contributed by atoms with Crippen LogP contribution in [0.4, 0.5) is 4.39 Å². The van der Waals surface area contributed by atoms with Gasteiger partial charge in [-0.3, -0.25) is 4.99 Å². The summed E-state index contributed by atoms with van der Waals surface area (Å²) in [5.74, 6) is 0.523. The summed E-state index contributed by atoms with van der Waals surface area (Å²) in [4.78, 5) is 10.8. The van der Waals surface area contributed by atoms with E-state index in [2.05, 4.69) is 43.8 Å². The van der Waals surface area contributed by atoms with Crippen LogP contribution in [0.5, 0.6) is 0 Å². The number of rotatable bonds is 5. The summed E-state index contributed by atoms with van der Waals surface area (Å²) in [5.41, 5.74) is 4.22. The summed E-state index contributed by atoms with van der Waals surface area (Å²) in [6.45, 7) is 1.40. The van der Waals surface area contributed by atoms with Crippen LogP contribution < -0.4 is 10.6 Å². The number of para-hydroxylation sites is 1. The van der Waals surface area contributed by atoms with Crippen LogP contribution in [0.15, 0.2) is 59.7 Å². The third-order valence-corrected chi connectivity index (χ3v) is 4.67. The molecule has 27 heavy (non-hydrogen) atoms. The lowest BCUT2D eigenvalue weighted by atomic mass is 10.1. The van der Waals surface area contributed by atoms with Crippen molar-refractivity contribution in [3.63, 3.8) is 0 Å². The van der Waals surface area contributed by atoms with Crippen LogP contribution >= 0.6 is 0 Å². The molecule has 0 radical (unpaired) electrons. The molecule has 4 rings (SSSR count). The second kappa shape index (κ2) is 7.53. The summed E-state index contributed by atoms with van der Waals surface area (Å²) < 4.78 is 13.3. The molecule has 0 fully saturated rings. The Bertz CT molecular complexity index is 1060. The molecule has 0 atom stereocenters. The second-order valence-corrected chi connectivity index (χ2v) is 6.49. The first-order valence-electron chi connectivity index (χ1n) is 8.99. The summed E-state index contributed by atoms with van der Waals surface area (Å²) in [5, 5.41) is 8.90. The number of guanidine groups is 1. The van der Waals surface area contributed by atoms with Crippen molar-refractivity contribution in [1.82, 2.24) is 20.6 Å². The highest BCUT2D eigenvalue weighted by Gasteiger charge is 2.06. The van der Waals surface area contributed by atoms with Crippen molar-refractivity contribution in [2.75, 3.05) is 13.6 Å². The van der Waals surface area contributed by atoms with E-state index in [1.807, 2.05) is 24.4 Å². The number of hydrogen-bond donors (Lipinski definition) is 4. The molecule has 0 saturated heterocycles. The van der Waals surface area contributed by atoms with Crippen molar-refractivity contribution in [1.29, 1.82) is 0 Å². The number of nitrogens with zero attached hydrogens (tertiary/aromatic N) is 1. The minimum Gasteiger partial charge on any atom is -0.361 e. The first-order chi connectivity index (χ1) is 13.2. The van der Waals surface area contributed by atoms with Gasteiger partial charge in [0.15, 0.2) is 5.96 Å². The lowest BCUT2D eigenvalue weighted by molar-refractivity contribution is 0.629. The number of halogens is 1. The van der Waals surface area contributed by atoms with Crippen molar-refractivity contribution >= 4 is 27.8 Å². The van der Waals surface area contributed by atoms with E-state index in [1.165, 1.54) is 17.5 Å². The number of benzene rings is 2. The first kappa shape index (κ1) is 17.1. The number of aromatic amines is 2. The highest BCUT2D eigenvalue weighted by atomic mass is 19.1. The summed E-state index contributed by atoms with van der Waals surface area (Å²) in [6, 6.07) is 15.2. The average molecular weight is 363 g/mol. The third-order valence-electron chi connectivity index (χ3n) is 4.67. The van der Waals surface area contributed by atoms with Crippen molar-refractivity contribution < 1.29 is 4.39 Å². The maximum absolute atomic E-state index is 13.3. The van der Waals surface area contributed by atoms with E-state index in [-0.39, 0.29) is 5.82 Å². The van der Waals surface area contributed by atoms with Gasteiger partial charge in [-0.05, 0) is 47.7 Å². The van der Waals surface area contributed by atoms with Gasteiger partial charge in [-0.25, -0.2) is 4.39 Å². The van der Waals surface area contributed by atoms with Crippen LogP contribution in [-0.2, 0) is 13.0 Å². The van der Waals surface area contributed by atoms with Crippen LogP contribution in [0.2, 0.25) is 0 Å². The number of nitrogens with one attached hydrogen (secondary N) is 4. The zero-order chi connectivity index (χ0) is 18.6. The molecule has 2 heterocycles. The third kappa shape index (κ3) is 3.79. The summed E-state index contributed by atoms with van der Waals surface area (Å²) in [7, 11) is 1.76. The smallest absolute Gasteiger partial charge is 0.191 e. The van der Waals surface area contributed by atoms with Crippen molar-refractivity contribution in [3.8, 4) is 0 Å². The molecule has 0 bridgehead atoms. The molecule has 0 saturated carbocycles. The molecule has 5 nitrogen and oxygen atoms in total. The Morgan fingerprint density at radius 2 is 1.96 bits per heavy atom. The molecule has 4 N–H and O–H groups in total. The predicted octanol–water partition coefficient (Wildman–Crippen LogP) is 3.70. The molecule has 138 valence electrons. The van der Waals surface area contributed by atoms with Crippen molar-refractivity contribution in [3.05, 3.63) is 71.8 Å². The Morgan fingerprint density at radius 1 is 1.07 bits per heavy atom. The van der Waals surface area contributed by atoms with Crippen LogP contribution in [0, 0.1) is 5.82 Å². The fraction of sp³-hybridized carbons (Fsp3) is 0.190. The Morgan fingerprint density at radius 3 is 2.81 bits per heavy atom. The van der Waals surface area contributed by atoms with Crippen LogP contribution in [0.3, 0.4) is 0 Å². The van der Waals surface area contributed by atoms with Gasteiger partial charge in [0.2, 0.25) is 0 Å². The fourth-order valence-electron chi connectivity index (χ4n) is 3.31. The molecule has 0 unspecified atom stereocenters. The predicted molar refractivity (Wildman–Crippen MR) is 108 cm³/mol. The number of hydrogen-bond acceptors (Lipinski definition) is 1. The van der Waals surface area contributed by atoms with E-state index in [0.717, 1.165) is 46.6 Å². The van der Waals surface area contributed by atoms with Gasteiger partial charge < -0.3 is 20.6 Å². The normalized spacial score (nSPS) is 12.0. The lowest BCUT2D eigenvalue weighted by Gasteiger charge is -2.11. The van der Waals surface area contributed by atoms with Gasteiger partial charge in [0, 0.05) is 41.9 Å². The molecule has 2 aromatic carbocycles. The van der Waals surface area contributed by atoms with Crippen LogP contribution in [-0.4, -0.2) is 29.5 Å². The van der Waals surface area contributed by atoms with E-state index in [0.29, 0.717) is 6.54 Å². The molecule has 2 aromatic heterocycles. The van der Waals surface area contributed by atoms with Crippen molar-refractivity contribution in [2.24, 2.45) is 4.99 Å². The second-order valence-electron chi connectivity index (χ2n) is 6.49. The Hall–Kier alpha value is -3.28. The van der Waals surface area contributed by atoms with E-state index >= 15 is 0 Å². The zero-order valence-electron chi connectivity index (χ0n) is 15.1. The quantitative estimate of drug-likeness (QED) is 0.323. The van der Waals surface area contributed by atoms with E-state index < -0.39 is 0 Å². The Kier molecular flexibility index (Phi) is 4.78. The summed E-state index contributed by atoms with van der Waals surface area (Å²) in [6.07, 6.45) is 2.76. The average Bonchev–Trinajstić information content (AvgIpc) is 3.27. The number of aromatic nitrogens is 2. The molecule has 0 aliphatic rings. The fourth-order valence-corrected chi connectivity index (χ4v) is 3.31. The van der Waals surface area contributed by atoms with Crippen LogP contribution in [0.25, 0.3) is 21.8 Å². The Balaban J connectivity index is 1.32. The van der Waals surface area contributed by atoms with Gasteiger partial charge in [-0.1, -0.05) is 18.2 Å². The van der Waals surface area contributed by atoms with Crippen molar-refractivity contribution in [2.45, 2.75) is 13.0 Å². The van der Waals surface area contributed by atoms with E-state index in [9.17, 15) is 4.39 Å². The Labute approximate surface area is 156 Å². The van der Waals surface area contributed by atoms with Gasteiger partial charge in [0.1, 0.15) is 5.82 Å². The van der Waals surface area contributed by atoms with Gasteiger partial charge in [0.05, 0.1) is 6.54 Å². The molecule has 0 amide bonds. The van der Waals surface area contributed by atoms with E-state index in [4.69, 9.17) is 0 Å². The molecule has 0 aliphatic carbocycles. The molecular weight excluding hydrogens is 341 g/mol. The summed E-state index contributed by atoms with van der Waals surface area (Å²) >= 11 is 0. The molecular formula is C21H22FN5. The van der Waals surface area contributed by atoms with Gasteiger partial charge in [0.25, 0.3) is 0 Å². The number of aliphatic imine (C=N–C) groups is 1. The van der Waals surface area contributed by atoms with Gasteiger partial charge >= 0.3 is 0 Å². The maximum Gasteiger partial charge on any atom is 0.191 e. The molecule has 0 aliphatic heterocycles. The largest absolute Gasteiger partial charge is 0.361 e. The van der Waals surface area contributed by atoms with Gasteiger partial charge in [-0.15, -0.1) is 0 Å². The van der Waals surface area contributed by atoms with Crippen LogP contribution in [0.1, 0.15) is 11.3 Å². The van der Waals surface area contributed by atoms with Gasteiger partial charge in [-0.2, -0.15) is 0 Å². The minimum absolute atomic E-state index is 0.226. The number of H-pyrrole nitrogens is 2. The monoisotopic (exact) mass is 363 g/mol. The minimum atomic E-state index is -0.226. The SMILES string of the molecule is CN=C(NCCc1c[nH]c2cc(F)ccc12)NCc1cc2ccccc2[nH]1. The maximum atomic E-state index is 13.3. The lowest BCUT2D eigenvalue weighted by Crippen LogP contribution is -2.37. The molecule has 0 spiro atoms. The highest BCUT2D eigenvalue weighted by Crippen LogP contribution is 2.19. The number of fused-ring (bicyclic) bond motifs is 2.